The standard InChI is InChI=1S/C28H31FN2O2/c29-26-14-13-21(19-25(26)20-15-17-31-18-16-20)23(10-6-12-28(30)32)24-9-4-5-11-27(24)33-22-7-2-1-3-8-22/h1-5,7-9,11,13-14,19-20,23,31H,6,10,12,15-18H2,(H2,30,32). The highest BCUT2D eigenvalue weighted by atomic mass is 19.1. The number of primary amides is 1. The molecule has 172 valence electrons. The molecule has 0 radical (unpaired) electrons. The number of halogens is 1. The van der Waals surface area contributed by atoms with E-state index in [2.05, 4.69) is 11.4 Å². The summed E-state index contributed by atoms with van der Waals surface area (Å²) in [5.74, 6) is 1.25. The largest absolute Gasteiger partial charge is 0.457 e. The summed E-state index contributed by atoms with van der Waals surface area (Å²) in [5, 5.41) is 3.35. The van der Waals surface area contributed by atoms with Crippen LogP contribution < -0.4 is 15.8 Å². The molecule has 1 heterocycles. The Morgan fingerprint density at radius 2 is 1.76 bits per heavy atom. The van der Waals surface area contributed by atoms with Crippen LogP contribution in [0, 0.1) is 5.82 Å². The minimum atomic E-state index is -0.308. The van der Waals surface area contributed by atoms with Crippen molar-refractivity contribution in [3.63, 3.8) is 0 Å². The first-order valence-corrected chi connectivity index (χ1v) is 11.7. The van der Waals surface area contributed by atoms with Crippen LogP contribution in [-0.4, -0.2) is 19.0 Å². The van der Waals surface area contributed by atoms with Gasteiger partial charge in [0, 0.05) is 17.9 Å². The zero-order chi connectivity index (χ0) is 23.0. The third-order valence-corrected chi connectivity index (χ3v) is 6.38. The lowest BCUT2D eigenvalue weighted by molar-refractivity contribution is -0.118. The molecule has 3 aromatic carbocycles. The first-order valence-electron chi connectivity index (χ1n) is 11.7. The summed E-state index contributed by atoms with van der Waals surface area (Å²) in [6.07, 6.45) is 3.55. The fraction of sp³-hybridized carbons (Fsp3) is 0.321. The molecular weight excluding hydrogens is 415 g/mol. The SMILES string of the molecule is NC(=O)CCCC(c1ccc(F)c(C2CCNCC2)c1)c1ccccc1Oc1ccccc1. The normalized spacial score (nSPS) is 15.2. The zero-order valence-corrected chi connectivity index (χ0v) is 18.8. The van der Waals surface area contributed by atoms with Crippen molar-refractivity contribution in [2.75, 3.05) is 13.1 Å². The Bertz CT molecular complexity index is 1060. The van der Waals surface area contributed by atoms with Gasteiger partial charge in [0.1, 0.15) is 17.3 Å². The summed E-state index contributed by atoms with van der Waals surface area (Å²) in [7, 11) is 0. The molecule has 1 aliphatic heterocycles. The Morgan fingerprint density at radius 1 is 1.03 bits per heavy atom. The molecule has 4 nitrogen and oxygen atoms in total. The Morgan fingerprint density at radius 3 is 2.52 bits per heavy atom. The van der Waals surface area contributed by atoms with Crippen molar-refractivity contribution < 1.29 is 13.9 Å². The first-order chi connectivity index (χ1) is 16.1. The molecule has 0 saturated carbocycles. The Labute approximate surface area is 195 Å². The average molecular weight is 447 g/mol. The second-order valence-corrected chi connectivity index (χ2v) is 8.67. The van der Waals surface area contributed by atoms with E-state index >= 15 is 0 Å². The van der Waals surface area contributed by atoms with Gasteiger partial charge in [0.05, 0.1) is 0 Å². The third-order valence-electron chi connectivity index (χ3n) is 6.38. The van der Waals surface area contributed by atoms with Crippen molar-refractivity contribution in [3.8, 4) is 11.5 Å². The average Bonchev–Trinajstić information content (AvgIpc) is 2.84. The first kappa shape index (κ1) is 23.0. The molecule has 1 aliphatic rings. The third kappa shape index (κ3) is 5.99. The fourth-order valence-corrected chi connectivity index (χ4v) is 4.68. The van der Waals surface area contributed by atoms with Gasteiger partial charge in [0.15, 0.2) is 0 Å². The number of ether oxygens (including phenoxy) is 1. The van der Waals surface area contributed by atoms with E-state index in [1.807, 2.05) is 60.7 Å². The summed E-state index contributed by atoms with van der Waals surface area (Å²) in [6, 6.07) is 23.1. The van der Waals surface area contributed by atoms with Crippen LogP contribution >= 0.6 is 0 Å². The topological polar surface area (TPSA) is 64.4 Å². The monoisotopic (exact) mass is 446 g/mol. The Hall–Kier alpha value is -3.18. The number of hydrogen-bond acceptors (Lipinski definition) is 3. The smallest absolute Gasteiger partial charge is 0.217 e. The van der Waals surface area contributed by atoms with Crippen molar-refractivity contribution >= 4 is 5.91 Å². The summed E-state index contributed by atoms with van der Waals surface area (Å²) in [4.78, 5) is 11.4. The van der Waals surface area contributed by atoms with Gasteiger partial charge >= 0.3 is 0 Å². The molecule has 1 amide bonds. The van der Waals surface area contributed by atoms with E-state index in [1.165, 1.54) is 0 Å². The summed E-state index contributed by atoms with van der Waals surface area (Å²) >= 11 is 0. The number of piperidine rings is 1. The van der Waals surface area contributed by atoms with Gasteiger partial charge in [-0.25, -0.2) is 4.39 Å². The molecule has 1 saturated heterocycles. The van der Waals surface area contributed by atoms with Gasteiger partial charge in [0.25, 0.3) is 0 Å². The van der Waals surface area contributed by atoms with Crippen molar-refractivity contribution in [1.29, 1.82) is 0 Å². The number of benzene rings is 3. The number of amides is 1. The number of carbonyl (C=O) groups excluding carboxylic acids is 1. The van der Waals surface area contributed by atoms with E-state index in [0.717, 1.165) is 60.5 Å². The highest BCUT2D eigenvalue weighted by Crippen LogP contribution is 2.39. The van der Waals surface area contributed by atoms with Crippen LogP contribution in [-0.2, 0) is 4.79 Å². The maximum absolute atomic E-state index is 14.8. The molecule has 3 aromatic rings. The second-order valence-electron chi connectivity index (χ2n) is 8.67. The van der Waals surface area contributed by atoms with Gasteiger partial charge in [-0.2, -0.15) is 0 Å². The van der Waals surface area contributed by atoms with Gasteiger partial charge in [-0.05, 0) is 80.1 Å². The lowest BCUT2D eigenvalue weighted by atomic mass is 9.82. The predicted molar refractivity (Wildman–Crippen MR) is 129 cm³/mol. The van der Waals surface area contributed by atoms with Gasteiger partial charge in [0.2, 0.25) is 5.91 Å². The second kappa shape index (κ2) is 11.1. The minimum Gasteiger partial charge on any atom is -0.457 e. The molecule has 4 rings (SSSR count). The molecular formula is C28H31FN2O2. The molecule has 1 atom stereocenters. The number of nitrogens with one attached hydrogen (secondary N) is 1. The van der Waals surface area contributed by atoms with Crippen LogP contribution in [0.15, 0.2) is 72.8 Å². The van der Waals surface area contributed by atoms with Crippen LogP contribution in [0.3, 0.4) is 0 Å². The lowest BCUT2D eigenvalue weighted by Crippen LogP contribution is -2.27. The molecule has 1 unspecified atom stereocenters. The van der Waals surface area contributed by atoms with Crippen molar-refractivity contribution in [2.24, 2.45) is 5.73 Å². The van der Waals surface area contributed by atoms with E-state index in [0.29, 0.717) is 12.8 Å². The lowest BCUT2D eigenvalue weighted by Gasteiger charge is -2.26. The molecule has 33 heavy (non-hydrogen) atoms. The Balaban J connectivity index is 1.70. The van der Waals surface area contributed by atoms with Gasteiger partial charge < -0.3 is 15.8 Å². The molecule has 1 fully saturated rings. The van der Waals surface area contributed by atoms with Crippen LogP contribution in [0.4, 0.5) is 4.39 Å². The van der Waals surface area contributed by atoms with E-state index in [4.69, 9.17) is 10.5 Å². The van der Waals surface area contributed by atoms with Crippen LogP contribution in [0.1, 0.15) is 60.6 Å². The summed E-state index contributed by atoms with van der Waals surface area (Å²) in [5.41, 5.74) is 8.26. The van der Waals surface area contributed by atoms with Gasteiger partial charge in [-0.3, -0.25) is 4.79 Å². The van der Waals surface area contributed by atoms with E-state index in [1.54, 1.807) is 6.07 Å². The number of rotatable bonds is 9. The van der Waals surface area contributed by atoms with Crippen LogP contribution in [0.25, 0.3) is 0 Å². The number of carbonyl (C=O) groups is 1. The molecule has 0 aromatic heterocycles. The maximum Gasteiger partial charge on any atom is 0.217 e. The summed E-state index contributed by atoms with van der Waals surface area (Å²) in [6.45, 7) is 1.81. The fourth-order valence-electron chi connectivity index (χ4n) is 4.68. The van der Waals surface area contributed by atoms with Crippen molar-refractivity contribution in [1.82, 2.24) is 5.32 Å². The zero-order valence-electron chi connectivity index (χ0n) is 18.8. The van der Waals surface area contributed by atoms with Gasteiger partial charge in [-0.15, -0.1) is 0 Å². The number of nitrogens with two attached hydrogens (primary N) is 1. The number of para-hydroxylation sites is 2. The van der Waals surface area contributed by atoms with Crippen molar-refractivity contribution in [3.05, 3.63) is 95.3 Å². The highest BCUT2D eigenvalue weighted by molar-refractivity contribution is 5.73. The van der Waals surface area contributed by atoms with Crippen molar-refractivity contribution in [2.45, 2.75) is 43.9 Å². The van der Waals surface area contributed by atoms with E-state index in [-0.39, 0.29) is 23.6 Å². The predicted octanol–water partition coefficient (Wildman–Crippen LogP) is 5.87. The van der Waals surface area contributed by atoms with Crippen LogP contribution in [0.5, 0.6) is 11.5 Å². The quantitative estimate of drug-likeness (QED) is 0.432. The maximum atomic E-state index is 14.8. The van der Waals surface area contributed by atoms with E-state index < -0.39 is 0 Å². The molecule has 0 aliphatic carbocycles. The molecule has 0 spiro atoms. The molecule has 3 N–H and O–H groups in total. The van der Waals surface area contributed by atoms with E-state index in [9.17, 15) is 9.18 Å². The highest BCUT2D eigenvalue weighted by Gasteiger charge is 2.23. The molecule has 5 heteroatoms. The van der Waals surface area contributed by atoms with Crippen LogP contribution in [0.2, 0.25) is 0 Å². The Kier molecular flexibility index (Phi) is 7.74. The number of hydrogen-bond donors (Lipinski definition) is 2. The molecule has 0 bridgehead atoms. The minimum absolute atomic E-state index is 0.0367. The summed E-state index contributed by atoms with van der Waals surface area (Å²) < 4.78 is 21.1. The van der Waals surface area contributed by atoms with Gasteiger partial charge in [-0.1, -0.05) is 48.5 Å².